The topological polar surface area (TPSA) is 78.0 Å². The Morgan fingerprint density at radius 3 is 2.15 bits per heavy atom. The van der Waals surface area contributed by atoms with Gasteiger partial charge in [-0.15, -0.1) is 0 Å². The third-order valence-electron chi connectivity index (χ3n) is 6.23. The minimum atomic E-state index is -0.263. The Hall–Kier alpha value is -4.36. The number of furan rings is 1. The van der Waals surface area contributed by atoms with Gasteiger partial charge in [-0.25, -0.2) is 9.97 Å². The van der Waals surface area contributed by atoms with E-state index in [-0.39, 0.29) is 17.1 Å². The Labute approximate surface area is 196 Å². The molecule has 0 radical (unpaired) electrons. The third kappa shape index (κ3) is 2.67. The molecule has 0 aliphatic heterocycles. The lowest BCUT2D eigenvalue weighted by molar-refractivity contribution is 0.0990. The summed E-state index contributed by atoms with van der Waals surface area (Å²) in [5.41, 5.74) is 2.51. The van der Waals surface area contributed by atoms with Crippen molar-refractivity contribution in [2.45, 2.75) is 0 Å². The fourth-order valence-electron chi connectivity index (χ4n) is 4.52. The fourth-order valence-corrected chi connectivity index (χ4v) is 5.43. The van der Waals surface area contributed by atoms with Gasteiger partial charge in [0.25, 0.3) is 0 Å². The number of fused-ring (bicyclic) bond motifs is 4. The summed E-state index contributed by atoms with van der Waals surface area (Å²) in [4.78, 5) is 36.2. The van der Waals surface area contributed by atoms with E-state index in [9.17, 15) is 9.59 Å². The highest BCUT2D eigenvalue weighted by atomic mass is 32.1. The van der Waals surface area contributed by atoms with Crippen LogP contribution in [0.5, 0.6) is 0 Å². The Bertz CT molecular complexity index is 1780. The predicted octanol–water partition coefficient (Wildman–Crippen LogP) is 6.06. The van der Waals surface area contributed by atoms with E-state index in [0.717, 1.165) is 21.7 Å². The van der Waals surface area contributed by atoms with Gasteiger partial charge in [-0.1, -0.05) is 53.8 Å². The normalized spacial score (nSPS) is 13.5. The first-order chi connectivity index (χ1) is 16.6. The molecule has 7 heteroatoms. The molecule has 162 valence electrons. The summed E-state index contributed by atoms with van der Waals surface area (Å²) in [6.45, 7) is 0. The van der Waals surface area contributed by atoms with Gasteiger partial charge in [-0.2, -0.15) is 0 Å². The zero-order chi connectivity index (χ0) is 23.0. The van der Waals surface area contributed by atoms with Crippen molar-refractivity contribution in [2.24, 2.45) is 7.05 Å². The van der Waals surface area contributed by atoms with Crippen LogP contribution in [0.4, 0.5) is 0 Å². The molecule has 0 saturated heterocycles. The summed E-state index contributed by atoms with van der Waals surface area (Å²) in [5.74, 6) is 0.815. The summed E-state index contributed by atoms with van der Waals surface area (Å²) in [6, 6.07) is 21.1. The molecule has 0 saturated carbocycles. The molecule has 0 fully saturated rings. The molecule has 0 bridgehead atoms. The van der Waals surface area contributed by atoms with E-state index in [1.165, 1.54) is 11.3 Å². The van der Waals surface area contributed by atoms with Crippen LogP contribution in [0.3, 0.4) is 0 Å². The molecule has 0 atom stereocenters. The number of allylic oxidation sites excluding steroid dienone is 1. The molecular formula is C27H15N3O3S. The van der Waals surface area contributed by atoms with Gasteiger partial charge in [0.2, 0.25) is 0 Å². The quantitative estimate of drug-likeness (QED) is 0.231. The van der Waals surface area contributed by atoms with E-state index < -0.39 is 0 Å². The molecule has 3 aromatic heterocycles. The van der Waals surface area contributed by atoms with Crippen molar-refractivity contribution < 1.29 is 14.0 Å². The van der Waals surface area contributed by atoms with Crippen molar-refractivity contribution >= 4 is 61.2 Å². The molecule has 6 nitrogen and oxygen atoms in total. The first-order valence-electron chi connectivity index (χ1n) is 10.7. The number of Topliss-reactive ketones (excluding diaryl/α,β-unsaturated/α-hetero) is 2. The summed E-state index contributed by atoms with van der Waals surface area (Å²) >= 11 is 1.34. The van der Waals surface area contributed by atoms with E-state index in [1.807, 2.05) is 66.2 Å². The largest absolute Gasteiger partial charge is 0.453 e. The van der Waals surface area contributed by atoms with E-state index in [1.54, 1.807) is 18.2 Å². The number of thiazole rings is 1. The maximum Gasteiger partial charge on any atom is 0.197 e. The van der Waals surface area contributed by atoms with Gasteiger partial charge in [-0.3, -0.25) is 9.59 Å². The van der Waals surface area contributed by atoms with Gasteiger partial charge < -0.3 is 8.98 Å². The SMILES string of the molecule is Cn1c(-c2cc3ccccc3o2)nc2sc(C=C3C(=O)c4cc5ccccc5cc4C3=O)nc21. The van der Waals surface area contributed by atoms with Crippen molar-refractivity contribution in [3.8, 4) is 11.6 Å². The molecule has 0 N–H and O–H groups in total. The smallest absolute Gasteiger partial charge is 0.197 e. The molecular weight excluding hydrogens is 446 g/mol. The van der Waals surface area contributed by atoms with Crippen molar-refractivity contribution in [1.82, 2.24) is 14.5 Å². The number of nitrogens with zero attached hydrogens (tertiary/aromatic N) is 3. The Balaban J connectivity index is 1.29. The standard InChI is InChI=1S/C27H15N3O3S/c1-30-25(21-12-16-8-4-5-9-20(16)33-21)29-27-26(30)28-22(34-27)13-19-23(31)17-10-14-6-2-3-7-15(14)11-18(17)24(19)32/h2-13H,1H3. The monoisotopic (exact) mass is 461 g/mol. The molecule has 7 rings (SSSR count). The van der Waals surface area contributed by atoms with Crippen molar-refractivity contribution in [3.05, 3.63) is 88.4 Å². The minimum absolute atomic E-state index is 0.141. The maximum absolute atomic E-state index is 13.1. The lowest BCUT2D eigenvalue weighted by atomic mass is 10.0. The third-order valence-corrected chi connectivity index (χ3v) is 7.12. The van der Waals surface area contributed by atoms with Gasteiger partial charge >= 0.3 is 0 Å². The Morgan fingerprint density at radius 1 is 0.853 bits per heavy atom. The molecule has 3 aromatic carbocycles. The van der Waals surface area contributed by atoms with E-state index in [0.29, 0.717) is 38.2 Å². The van der Waals surface area contributed by atoms with E-state index in [2.05, 4.69) is 4.98 Å². The molecule has 34 heavy (non-hydrogen) atoms. The lowest BCUT2D eigenvalue weighted by Crippen LogP contribution is -2.00. The number of hydrogen-bond donors (Lipinski definition) is 0. The summed E-state index contributed by atoms with van der Waals surface area (Å²) in [5, 5.41) is 3.45. The number of aromatic nitrogens is 3. The number of carbonyl (C=O) groups is 2. The number of hydrogen-bond acceptors (Lipinski definition) is 6. The van der Waals surface area contributed by atoms with Crippen LogP contribution in [0.1, 0.15) is 25.7 Å². The molecule has 0 spiro atoms. The number of rotatable bonds is 2. The minimum Gasteiger partial charge on any atom is -0.453 e. The Morgan fingerprint density at radius 2 is 1.50 bits per heavy atom. The van der Waals surface area contributed by atoms with Gasteiger partial charge in [0.1, 0.15) is 10.6 Å². The van der Waals surface area contributed by atoms with Crippen LogP contribution in [0.2, 0.25) is 0 Å². The van der Waals surface area contributed by atoms with Gasteiger partial charge in [0, 0.05) is 23.6 Å². The molecule has 0 amide bonds. The molecule has 1 aliphatic rings. The van der Waals surface area contributed by atoms with Gasteiger partial charge in [-0.05, 0) is 41.1 Å². The number of carbonyl (C=O) groups excluding carboxylic acids is 2. The van der Waals surface area contributed by atoms with E-state index in [4.69, 9.17) is 9.40 Å². The van der Waals surface area contributed by atoms with Crippen LogP contribution < -0.4 is 0 Å². The fraction of sp³-hybridized carbons (Fsp3) is 0.0370. The Kier molecular flexibility index (Phi) is 3.84. The number of aryl methyl sites for hydroxylation is 1. The first kappa shape index (κ1) is 19.1. The van der Waals surface area contributed by atoms with Gasteiger partial charge in [0.05, 0.1) is 5.57 Å². The summed E-state index contributed by atoms with van der Waals surface area (Å²) < 4.78 is 7.83. The lowest BCUT2D eigenvalue weighted by Gasteiger charge is -2.00. The van der Waals surface area contributed by atoms with E-state index >= 15 is 0 Å². The summed E-state index contributed by atoms with van der Waals surface area (Å²) in [6.07, 6.45) is 1.59. The van der Waals surface area contributed by atoms with Crippen LogP contribution in [0.25, 0.3) is 49.9 Å². The average Bonchev–Trinajstić information content (AvgIpc) is 3.58. The molecule has 1 aliphatic carbocycles. The van der Waals surface area contributed by atoms with Crippen LogP contribution in [0.15, 0.2) is 76.7 Å². The molecule has 3 heterocycles. The number of imidazole rings is 1. The second kappa shape index (κ2) is 6.82. The van der Waals surface area contributed by atoms with Crippen molar-refractivity contribution in [2.75, 3.05) is 0 Å². The van der Waals surface area contributed by atoms with Crippen molar-refractivity contribution in [3.63, 3.8) is 0 Å². The van der Waals surface area contributed by atoms with Crippen LogP contribution in [0, 0.1) is 0 Å². The maximum atomic E-state index is 13.1. The number of para-hydroxylation sites is 1. The number of ketones is 2. The highest BCUT2D eigenvalue weighted by Crippen LogP contribution is 2.34. The summed E-state index contributed by atoms with van der Waals surface area (Å²) in [7, 11) is 1.88. The molecule has 6 aromatic rings. The second-order valence-electron chi connectivity index (χ2n) is 8.28. The van der Waals surface area contributed by atoms with Gasteiger partial charge in [0.15, 0.2) is 33.6 Å². The van der Waals surface area contributed by atoms with Crippen LogP contribution >= 0.6 is 11.3 Å². The highest BCUT2D eigenvalue weighted by Gasteiger charge is 2.34. The molecule has 0 unspecified atom stereocenters. The second-order valence-corrected chi connectivity index (χ2v) is 9.29. The predicted molar refractivity (Wildman–Crippen MR) is 132 cm³/mol. The first-order valence-corrected chi connectivity index (χ1v) is 11.5. The van der Waals surface area contributed by atoms with Crippen LogP contribution in [-0.4, -0.2) is 26.1 Å². The highest BCUT2D eigenvalue weighted by molar-refractivity contribution is 7.19. The van der Waals surface area contributed by atoms with Crippen LogP contribution in [-0.2, 0) is 7.05 Å². The van der Waals surface area contributed by atoms with Crippen molar-refractivity contribution in [1.29, 1.82) is 0 Å². The number of benzene rings is 3. The zero-order valence-electron chi connectivity index (χ0n) is 17.9. The average molecular weight is 462 g/mol. The zero-order valence-corrected chi connectivity index (χ0v) is 18.7.